The molecule has 0 aromatic rings. The van der Waals surface area contributed by atoms with Gasteiger partial charge in [-0.15, -0.1) is 0 Å². The summed E-state index contributed by atoms with van der Waals surface area (Å²) < 4.78 is 4.31. The first-order valence-electron chi connectivity index (χ1n) is 4.10. The van der Waals surface area contributed by atoms with Crippen molar-refractivity contribution in [2.75, 3.05) is 7.11 Å². The second-order valence-electron chi connectivity index (χ2n) is 2.84. The van der Waals surface area contributed by atoms with Crippen molar-refractivity contribution in [1.29, 1.82) is 0 Å². The highest BCUT2D eigenvalue weighted by atomic mass is 32.1. The molecule has 0 aliphatic rings. The predicted molar refractivity (Wildman–Crippen MR) is 67.2 cm³/mol. The SMILES string of the molecule is CC[C@H](C)[C@H](NC(=O)OC)C(=O)O.S.S. The van der Waals surface area contributed by atoms with Gasteiger partial charge in [-0.3, -0.25) is 0 Å². The molecule has 0 aromatic carbocycles. The van der Waals surface area contributed by atoms with Crippen LogP contribution in [0.3, 0.4) is 0 Å². The fraction of sp³-hybridized carbons (Fsp3) is 0.750. The van der Waals surface area contributed by atoms with Crippen molar-refractivity contribution in [3.05, 3.63) is 0 Å². The third-order valence-electron chi connectivity index (χ3n) is 1.94. The standard InChI is InChI=1S/C8H15NO4.2H2S/c1-4-5(2)6(7(10)11)9-8(12)13-3;;/h5-6H,4H2,1-3H3,(H,9,12)(H,10,11);2*1H2/t5-,6-;;/m0../s1. The Morgan fingerprint density at radius 3 is 2.13 bits per heavy atom. The molecule has 15 heavy (non-hydrogen) atoms. The van der Waals surface area contributed by atoms with Gasteiger partial charge in [0.15, 0.2) is 0 Å². The Labute approximate surface area is 103 Å². The molecule has 5 nitrogen and oxygen atoms in total. The molecule has 0 aliphatic carbocycles. The van der Waals surface area contributed by atoms with Gasteiger partial charge in [0.1, 0.15) is 6.04 Å². The van der Waals surface area contributed by atoms with Crippen LogP contribution in [0, 0.1) is 5.92 Å². The van der Waals surface area contributed by atoms with Gasteiger partial charge in [-0.2, -0.15) is 27.0 Å². The van der Waals surface area contributed by atoms with Crippen LogP contribution in [0.4, 0.5) is 4.79 Å². The van der Waals surface area contributed by atoms with E-state index in [2.05, 4.69) is 10.1 Å². The third kappa shape index (κ3) is 7.38. The van der Waals surface area contributed by atoms with Gasteiger partial charge in [-0.05, 0) is 5.92 Å². The summed E-state index contributed by atoms with van der Waals surface area (Å²) in [7, 11) is 1.20. The van der Waals surface area contributed by atoms with Gasteiger partial charge in [0.2, 0.25) is 0 Å². The Bertz CT molecular complexity index is 201. The Balaban J connectivity index is -0.000000720. The molecule has 2 atom stereocenters. The van der Waals surface area contributed by atoms with Crippen LogP contribution in [0.15, 0.2) is 0 Å². The van der Waals surface area contributed by atoms with Crippen LogP contribution in [0.5, 0.6) is 0 Å². The topological polar surface area (TPSA) is 75.6 Å². The summed E-state index contributed by atoms with van der Waals surface area (Å²) >= 11 is 0. The van der Waals surface area contributed by atoms with Crippen LogP contribution in [-0.4, -0.2) is 30.3 Å². The normalized spacial score (nSPS) is 12.5. The Kier molecular flexibility index (Phi) is 13.3. The third-order valence-corrected chi connectivity index (χ3v) is 1.94. The second kappa shape index (κ2) is 9.97. The first-order chi connectivity index (χ1) is 6.02. The molecule has 0 aliphatic heterocycles. The summed E-state index contributed by atoms with van der Waals surface area (Å²) in [6.45, 7) is 3.62. The zero-order valence-corrected chi connectivity index (χ0v) is 11.0. The van der Waals surface area contributed by atoms with E-state index in [-0.39, 0.29) is 32.9 Å². The van der Waals surface area contributed by atoms with E-state index >= 15 is 0 Å². The van der Waals surface area contributed by atoms with Crippen LogP contribution < -0.4 is 5.32 Å². The maximum absolute atomic E-state index is 10.8. The van der Waals surface area contributed by atoms with Crippen molar-refractivity contribution in [3.8, 4) is 0 Å². The Morgan fingerprint density at radius 2 is 1.87 bits per heavy atom. The summed E-state index contributed by atoms with van der Waals surface area (Å²) in [5.41, 5.74) is 0. The van der Waals surface area contributed by atoms with E-state index in [1.54, 1.807) is 6.92 Å². The maximum Gasteiger partial charge on any atom is 0.407 e. The van der Waals surface area contributed by atoms with Crippen LogP contribution in [0.1, 0.15) is 20.3 Å². The molecule has 0 aromatic heterocycles. The van der Waals surface area contributed by atoms with Crippen molar-refractivity contribution >= 4 is 39.1 Å². The lowest BCUT2D eigenvalue weighted by Gasteiger charge is -2.18. The summed E-state index contributed by atoms with van der Waals surface area (Å²) in [5.74, 6) is -1.16. The van der Waals surface area contributed by atoms with E-state index in [1.807, 2.05) is 6.92 Å². The number of rotatable bonds is 4. The fourth-order valence-electron chi connectivity index (χ4n) is 0.869. The molecule has 2 N–H and O–H groups in total. The van der Waals surface area contributed by atoms with E-state index in [0.29, 0.717) is 6.42 Å². The van der Waals surface area contributed by atoms with Gasteiger partial charge in [0, 0.05) is 0 Å². The minimum atomic E-state index is -1.04. The first-order valence-corrected chi connectivity index (χ1v) is 4.10. The van der Waals surface area contributed by atoms with Crippen molar-refractivity contribution in [2.45, 2.75) is 26.3 Å². The van der Waals surface area contributed by atoms with E-state index in [0.717, 1.165) is 0 Å². The van der Waals surface area contributed by atoms with Crippen LogP contribution in [-0.2, 0) is 9.53 Å². The van der Waals surface area contributed by atoms with Gasteiger partial charge in [0.05, 0.1) is 7.11 Å². The molecule has 0 bridgehead atoms. The lowest BCUT2D eigenvalue weighted by Crippen LogP contribution is -2.44. The molecule has 0 radical (unpaired) electrons. The minimum absolute atomic E-state index is 0. The highest BCUT2D eigenvalue weighted by molar-refractivity contribution is 7.59. The maximum atomic E-state index is 10.8. The molecule has 0 heterocycles. The second-order valence-corrected chi connectivity index (χ2v) is 2.84. The molecule has 0 unspecified atom stereocenters. The molecular weight excluding hydrogens is 238 g/mol. The molecule has 1 amide bonds. The minimum Gasteiger partial charge on any atom is -0.480 e. The average Bonchev–Trinajstić information content (AvgIpc) is 2.11. The van der Waals surface area contributed by atoms with Crippen molar-refractivity contribution in [2.24, 2.45) is 5.92 Å². The zero-order valence-electron chi connectivity index (χ0n) is 9.03. The van der Waals surface area contributed by atoms with Gasteiger partial charge >= 0.3 is 12.1 Å². The molecule has 0 spiro atoms. The first kappa shape index (κ1) is 19.9. The molecule has 7 heteroatoms. The van der Waals surface area contributed by atoms with E-state index < -0.39 is 18.1 Å². The predicted octanol–water partition coefficient (Wildman–Crippen LogP) is 1.07. The van der Waals surface area contributed by atoms with E-state index in [9.17, 15) is 9.59 Å². The number of methoxy groups -OCH3 is 1. The molecule has 0 rings (SSSR count). The number of alkyl carbamates (subject to hydrolysis) is 1. The fourth-order valence-corrected chi connectivity index (χ4v) is 0.869. The number of hydrogen-bond donors (Lipinski definition) is 2. The number of aliphatic carboxylic acids is 1. The van der Waals surface area contributed by atoms with Crippen molar-refractivity contribution in [1.82, 2.24) is 5.32 Å². The largest absolute Gasteiger partial charge is 0.480 e. The molecule has 0 fully saturated rings. The molecule has 92 valence electrons. The van der Waals surface area contributed by atoms with Crippen LogP contribution in [0.25, 0.3) is 0 Å². The number of carboxylic acid groups (broad SMARTS) is 1. The van der Waals surface area contributed by atoms with E-state index in [1.165, 1.54) is 7.11 Å². The van der Waals surface area contributed by atoms with Crippen molar-refractivity contribution < 1.29 is 19.4 Å². The zero-order chi connectivity index (χ0) is 10.4. The summed E-state index contributed by atoms with van der Waals surface area (Å²) in [5, 5.41) is 11.0. The van der Waals surface area contributed by atoms with Gasteiger partial charge < -0.3 is 15.2 Å². The van der Waals surface area contributed by atoms with Gasteiger partial charge in [0.25, 0.3) is 0 Å². The summed E-state index contributed by atoms with van der Waals surface area (Å²) in [4.78, 5) is 21.4. The lowest BCUT2D eigenvalue weighted by molar-refractivity contribution is -0.140. The summed E-state index contributed by atoms with van der Waals surface area (Å²) in [6, 6.07) is -0.877. The number of amides is 1. The highest BCUT2D eigenvalue weighted by Gasteiger charge is 2.25. The molecule has 0 saturated carbocycles. The number of carboxylic acids is 1. The Hall–Kier alpha value is -0.560. The number of nitrogens with one attached hydrogen (secondary N) is 1. The smallest absolute Gasteiger partial charge is 0.407 e. The Morgan fingerprint density at radius 1 is 1.40 bits per heavy atom. The average molecular weight is 257 g/mol. The highest BCUT2D eigenvalue weighted by Crippen LogP contribution is 2.07. The molecular formula is C8H19NO4S2. The van der Waals surface area contributed by atoms with Crippen LogP contribution in [0.2, 0.25) is 0 Å². The number of carbonyl (C=O) groups is 2. The quantitative estimate of drug-likeness (QED) is 0.790. The lowest BCUT2D eigenvalue weighted by atomic mass is 10.00. The van der Waals surface area contributed by atoms with Crippen molar-refractivity contribution in [3.63, 3.8) is 0 Å². The van der Waals surface area contributed by atoms with E-state index in [4.69, 9.17) is 5.11 Å². The van der Waals surface area contributed by atoms with Gasteiger partial charge in [-0.1, -0.05) is 20.3 Å². The number of carbonyl (C=O) groups excluding carboxylic acids is 1. The summed E-state index contributed by atoms with van der Waals surface area (Å²) in [6.07, 6.45) is -0.0336. The molecule has 0 saturated heterocycles. The number of hydrogen-bond acceptors (Lipinski definition) is 3. The van der Waals surface area contributed by atoms with Gasteiger partial charge in [-0.25, -0.2) is 9.59 Å². The monoisotopic (exact) mass is 257 g/mol. The number of ether oxygens (including phenoxy) is 1. The van der Waals surface area contributed by atoms with Crippen LogP contribution >= 0.6 is 27.0 Å².